The predicted octanol–water partition coefficient (Wildman–Crippen LogP) is 2.81. The summed E-state index contributed by atoms with van der Waals surface area (Å²) in [6, 6.07) is 2.11. The van der Waals surface area contributed by atoms with Crippen LogP contribution in [0.25, 0.3) is 6.08 Å². The third-order valence-corrected chi connectivity index (χ3v) is 3.79. The molecule has 1 aromatic rings. The van der Waals surface area contributed by atoms with Crippen molar-refractivity contribution in [1.82, 2.24) is 0 Å². The minimum Gasteiger partial charge on any atom is -0.289 e. The number of rotatable bonds is 3. The van der Waals surface area contributed by atoms with Gasteiger partial charge in [-0.2, -0.15) is 0 Å². The number of fused-ring (bicyclic) bond motifs is 3. The summed E-state index contributed by atoms with van der Waals surface area (Å²) < 4.78 is 0. The minimum absolute atomic E-state index is 0.0401. The molecule has 0 atom stereocenters. The summed E-state index contributed by atoms with van der Waals surface area (Å²) in [5.74, 6) is -0.292. The van der Waals surface area contributed by atoms with Gasteiger partial charge in [-0.05, 0) is 17.6 Å². The van der Waals surface area contributed by atoms with Gasteiger partial charge >= 0.3 is 0 Å². The first kappa shape index (κ1) is 14.8. The molecule has 0 radical (unpaired) electrons. The van der Waals surface area contributed by atoms with Gasteiger partial charge < -0.3 is 0 Å². The molecule has 0 N–H and O–H groups in total. The van der Waals surface area contributed by atoms with E-state index in [1.165, 1.54) is 18.3 Å². The Morgan fingerprint density at radius 3 is 2.39 bits per heavy atom. The second-order valence-corrected chi connectivity index (χ2v) is 5.55. The number of carbonyl (C=O) groups is 1. The van der Waals surface area contributed by atoms with Gasteiger partial charge in [0.25, 0.3) is 11.4 Å². The van der Waals surface area contributed by atoms with Crippen LogP contribution >= 0.6 is 0 Å². The molecule has 116 valence electrons. The Morgan fingerprint density at radius 1 is 1.13 bits per heavy atom. The van der Waals surface area contributed by atoms with E-state index in [-0.39, 0.29) is 34.1 Å². The predicted molar refractivity (Wildman–Crippen MR) is 82.2 cm³/mol. The molecule has 0 aromatic heterocycles. The fourth-order valence-electron chi connectivity index (χ4n) is 2.68. The van der Waals surface area contributed by atoms with E-state index in [4.69, 9.17) is 0 Å². The van der Waals surface area contributed by atoms with Crippen molar-refractivity contribution in [3.8, 4) is 0 Å². The van der Waals surface area contributed by atoms with Gasteiger partial charge in [0.1, 0.15) is 0 Å². The number of benzene rings is 1. The molecule has 0 bridgehead atoms. The van der Waals surface area contributed by atoms with Crippen LogP contribution in [-0.4, -0.2) is 21.3 Å². The summed E-state index contributed by atoms with van der Waals surface area (Å²) in [6.07, 6.45) is 2.85. The van der Waals surface area contributed by atoms with Crippen molar-refractivity contribution < 1.29 is 14.6 Å². The van der Waals surface area contributed by atoms with Gasteiger partial charge in [0.15, 0.2) is 5.78 Å². The Bertz CT molecular complexity index is 877. The summed E-state index contributed by atoms with van der Waals surface area (Å²) >= 11 is 0. The first-order valence-electron chi connectivity index (χ1n) is 6.83. The fourth-order valence-corrected chi connectivity index (χ4v) is 2.68. The Hall–Kier alpha value is -3.16. The third-order valence-electron chi connectivity index (χ3n) is 3.79. The van der Waals surface area contributed by atoms with E-state index in [0.29, 0.717) is 5.57 Å². The maximum absolute atomic E-state index is 12.5. The van der Waals surface area contributed by atoms with Gasteiger partial charge in [-0.25, -0.2) is 0 Å². The summed E-state index contributed by atoms with van der Waals surface area (Å²) in [4.78, 5) is 37.5. The highest BCUT2D eigenvalue weighted by molar-refractivity contribution is 6.40. The monoisotopic (exact) mass is 313 g/mol. The zero-order valence-electron chi connectivity index (χ0n) is 12.3. The number of nitro groups is 2. The van der Waals surface area contributed by atoms with E-state index < -0.39 is 21.2 Å². The molecule has 8 heteroatoms. The number of hydrogen-bond acceptors (Lipinski definition) is 6. The van der Waals surface area contributed by atoms with Crippen LogP contribution in [0.3, 0.4) is 0 Å². The molecule has 0 saturated carbocycles. The van der Waals surface area contributed by atoms with Crippen LogP contribution in [0.4, 0.5) is 11.4 Å². The SMILES string of the molecule is CC(C)C1=CN=C2C(=Cc3cc([N+](=O)[O-])cc([N+](=O)[O-])c32)C1=O. The Morgan fingerprint density at radius 2 is 1.83 bits per heavy atom. The molecule has 0 fully saturated rings. The maximum Gasteiger partial charge on any atom is 0.286 e. The number of nitrogens with zero attached hydrogens (tertiary/aromatic N) is 3. The van der Waals surface area contributed by atoms with Crippen molar-refractivity contribution in [2.45, 2.75) is 13.8 Å². The molecule has 0 spiro atoms. The lowest BCUT2D eigenvalue weighted by Crippen LogP contribution is -2.20. The molecule has 0 saturated heterocycles. The zero-order chi connectivity index (χ0) is 16.9. The molecular formula is C15H11N3O5. The van der Waals surface area contributed by atoms with Crippen molar-refractivity contribution in [2.75, 3.05) is 0 Å². The highest BCUT2D eigenvalue weighted by atomic mass is 16.6. The molecule has 0 amide bonds. The van der Waals surface area contributed by atoms with Crippen LogP contribution in [0, 0.1) is 26.1 Å². The van der Waals surface area contributed by atoms with E-state index in [1.807, 2.05) is 13.8 Å². The third kappa shape index (κ3) is 2.15. The van der Waals surface area contributed by atoms with Gasteiger partial charge in [-0.15, -0.1) is 0 Å². The number of hydrogen-bond donors (Lipinski definition) is 0. The second kappa shape index (κ2) is 4.94. The van der Waals surface area contributed by atoms with E-state index in [1.54, 1.807) is 0 Å². The van der Waals surface area contributed by atoms with Crippen LogP contribution in [0.2, 0.25) is 0 Å². The van der Waals surface area contributed by atoms with Gasteiger partial charge in [-0.3, -0.25) is 30.0 Å². The highest BCUT2D eigenvalue weighted by Crippen LogP contribution is 2.39. The molecule has 1 aliphatic heterocycles. The first-order valence-corrected chi connectivity index (χ1v) is 6.83. The van der Waals surface area contributed by atoms with Crippen LogP contribution in [0.15, 0.2) is 34.5 Å². The smallest absolute Gasteiger partial charge is 0.286 e. The summed E-state index contributed by atoms with van der Waals surface area (Å²) in [7, 11) is 0. The van der Waals surface area contributed by atoms with Crippen molar-refractivity contribution in [3.05, 3.63) is 60.8 Å². The van der Waals surface area contributed by atoms with Gasteiger partial charge in [0, 0.05) is 23.4 Å². The number of allylic oxidation sites excluding steroid dienone is 2. The average molecular weight is 313 g/mol. The van der Waals surface area contributed by atoms with Crippen molar-refractivity contribution in [1.29, 1.82) is 0 Å². The Balaban J connectivity index is 2.25. The topological polar surface area (TPSA) is 116 Å². The van der Waals surface area contributed by atoms with Gasteiger partial charge in [0.05, 0.1) is 27.2 Å². The summed E-state index contributed by atoms with van der Waals surface area (Å²) in [5, 5.41) is 22.2. The number of carbonyl (C=O) groups excluding carboxylic acids is 1. The number of nitro benzene ring substituents is 2. The Kier molecular flexibility index (Phi) is 3.17. The van der Waals surface area contributed by atoms with Crippen LogP contribution in [0.1, 0.15) is 25.0 Å². The minimum atomic E-state index is -0.699. The largest absolute Gasteiger partial charge is 0.289 e. The molecule has 2 aliphatic rings. The van der Waals surface area contributed by atoms with E-state index >= 15 is 0 Å². The number of ketones is 1. The molecule has 8 nitrogen and oxygen atoms in total. The van der Waals surface area contributed by atoms with Crippen molar-refractivity contribution >= 4 is 28.9 Å². The van der Waals surface area contributed by atoms with Gasteiger partial charge in [0.2, 0.25) is 0 Å². The quantitative estimate of drug-likeness (QED) is 0.628. The lowest BCUT2D eigenvalue weighted by molar-refractivity contribution is -0.394. The molecule has 1 heterocycles. The normalized spacial score (nSPS) is 15.6. The molecule has 1 aromatic carbocycles. The van der Waals surface area contributed by atoms with E-state index in [9.17, 15) is 25.0 Å². The highest BCUT2D eigenvalue weighted by Gasteiger charge is 2.37. The molecule has 1 aliphatic carbocycles. The fraction of sp³-hybridized carbons (Fsp3) is 0.200. The zero-order valence-corrected chi connectivity index (χ0v) is 12.3. The number of Topliss-reactive ketones (excluding diaryl/α,β-unsaturated/α-hetero) is 1. The lowest BCUT2D eigenvalue weighted by atomic mass is 9.91. The number of aliphatic imine (C=N–C) groups is 1. The summed E-state index contributed by atoms with van der Waals surface area (Å²) in [6.45, 7) is 3.69. The average Bonchev–Trinajstić information content (AvgIpc) is 2.85. The second-order valence-electron chi connectivity index (χ2n) is 5.55. The van der Waals surface area contributed by atoms with E-state index in [2.05, 4.69) is 4.99 Å². The first-order chi connectivity index (χ1) is 10.8. The van der Waals surface area contributed by atoms with Crippen LogP contribution in [0.5, 0.6) is 0 Å². The Labute approximate surface area is 130 Å². The molecule has 23 heavy (non-hydrogen) atoms. The van der Waals surface area contributed by atoms with Crippen LogP contribution < -0.4 is 0 Å². The summed E-state index contributed by atoms with van der Waals surface area (Å²) in [5.41, 5.74) is 0.564. The van der Waals surface area contributed by atoms with E-state index in [0.717, 1.165) is 6.07 Å². The van der Waals surface area contributed by atoms with Crippen molar-refractivity contribution in [3.63, 3.8) is 0 Å². The van der Waals surface area contributed by atoms with Gasteiger partial charge in [-0.1, -0.05) is 13.8 Å². The molecule has 3 rings (SSSR count). The van der Waals surface area contributed by atoms with Crippen molar-refractivity contribution in [2.24, 2.45) is 10.9 Å². The molecular weight excluding hydrogens is 302 g/mol. The lowest BCUT2D eigenvalue weighted by Gasteiger charge is -2.15. The van der Waals surface area contributed by atoms with Crippen LogP contribution in [-0.2, 0) is 4.79 Å². The number of non-ortho nitro benzene ring substituents is 1. The maximum atomic E-state index is 12.5. The standard InChI is InChI=1S/C15H11N3O5/c1-7(2)11-6-16-14-10(15(11)19)4-8-3-9(17(20)21)5-12(13(8)14)18(22)23/h3-7H,1-2H3. The molecule has 0 unspecified atom stereocenters.